The van der Waals surface area contributed by atoms with Gasteiger partial charge in [-0.05, 0) is 38.0 Å². The zero-order chi connectivity index (χ0) is 12.3. The van der Waals surface area contributed by atoms with Gasteiger partial charge in [0, 0.05) is 19.6 Å². The number of rotatable bonds is 2. The molecule has 0 nitrogen and oxygen atoms in total. The third-order valence-corrected chi connectivity index (χ3v) is 5.19. The van der Waals surface area contributed by atoms with Crippen molar-refractivity contribution < 1.29 is 0 Å². The largest absolute Gasteiger partial charge is 0.103 e. The Bertz CT molecular complexity index is 496. The van der Waals surface area contributed by atoms with Crippen molar-refractivity contribution in [2.75, 3.05) is 0 Å². The summed E-state index contributed by atoms with van der Waals surface area (Å²) >= 11 is 3.73. The molecule has 0 N–H and O–H groups in total. The molecule has 17 heavy (non-hydrogen) atoms. The molecule has 0 bridgehead atoms. The Hall–Kier alpha value is -0.860. The topological polar surface area (TPSA) is 0 Å². The van der Waals surface area contributed by atoms with Crippen molar-refractivity contribution in [1.29, 1.82) is 0 Å². The van der Waals surface area contributed by atoms with Crippen LogP contribution in [0.3, 0.4) is 0 Å². The summed E-state index contributed by atoms with van der Waals surface area (Å²) in [5, 5.41) is 0. The van der Waals surface area contributed by atoms with Crippen molar-refractivity contribution in [3.63, 3.8) is 0 Å². The van der Waals surface area contributed by atoms with Crippen molar-refractivity contribution in [2.24, 2.45) is 0 Å². The molecule has 88 valence electrons. The van der Waals surface area contributed by atoms with Gasteiger partial charge >= 0.3 is 0 Å². The maximum Gasteiger partial charge on any atom is 0.0264 e. The molecule has 1 aromatic rings. The van der Waals surface area contributed by atoms with Crippen LogP contribution >= 0.6 is 23.5 Å². The van der Waals surface area contributed by atoms with Gasteiger partial charge in [-0.3, -0.25) is 0 Å². The number of hydrogen-bond acceptors (Lipinski definition) is 2. The van der Waals surface area contributed by atoms with Gasteiger partial charge in [0.25, 0.3) is 0 Å². The summed E-state index contributed by atoms with van der Waals surface area (Å²) in [6.45, 7) is 8.02. The molecule has 0 spiro atoms. The molecule has 0 aliphatic carbocycles. The first-order chi connectivity index (χ1) is 8.24. The first-order valence-corrected chi connectivity index (χ1v) is 7.32. The number of fused-ring (bicyclic) bond motifs is 1. The van der Waals surface area contributed by atoms with Crippen LogP contribution in [0.5, 0.6) is 0 Å². The van der Waals surface area contributed by atoms with Crippen LogP contribution in [0.15, 0.2) is 62.6 Å². The van der Waals surface area contributed by atoms with E-state index >= 15 is 0 Å². The van der Waals surface area contributed by atoms with Crippen molar-refractivity contribution in [3.05, 3.63) is 58.4 Å². The number of hydrogen-bond donors (Lipinski definition) is 0. The fourth-order valence-corrected chi connectivity index (χ4v) is 4.03. The van der Waals surface area contributed by atoms with Crippen molar-refractivity contribution in [3.8, 4) is 0 Å². The average Bonchev–Trinajstić information content (AvgIpc) is 2.35. The molecule has 2 rings (SSSR count). The summed E-state index contributed by atoms with van der Waals surface area (Å²) in [4.78, 5) is 5.45. The van der Waals surface area contributed by atoms with Gasteiger partial charge in [0.15, 0.2) is 0 Å². The number of thioether (sulfide) groups is 2. The first-order valence-electron chi connectivity index (χ1n) is 5.68. The molecule has 2 heteroatoms. The maximum atomic E-state index is 3.77. The fraction of sp³-hybridized carbons (Fsp3) is 0.200. The molecule has 1 aliphatic rings. The van der Waals surface area contributed by atoms with Crippen LogP contribution in [0.4, 0.5) is 0 Å². The van der Waals surface area contributed by atoms with E-state index in [0.29, 0.717) is 0 Å². The quantitative estimate of drug-likeness (QED) is 0.639. The summed E-state index contributed by atoms with van der Waals surface area (Å²) in [5.41, 5.74) is 1.32. The average molecular weight is 260 g/mol. The normalized spacial score (nSPS) is 19.4. The van der Waals surface area contributed by atoms with Crippen LogP contribution in [0, 0.1) is 6.92 Å². The number of allylic oxidation sites excluding steroid dienone is 3. The summed E-state index contributed by atoms with van der Waals surface area (Å²) in [6.07, 6.45) is 7.32. The lowest BCUT2D eigenvalue weighted by atomic mass is 10.2. The summed E-state index contributed by atoms with van der Waals surface area (Å²) in [7, 11) is 0. The van der Waals surface area contributed by atoms with Crippen molar-refractivity contribution >= 4 is 23.5 Å². The molecule has 0 aromatic heterocycles. The third kappa shape index (κ3) is 2.88. The highest BCUT2D eigenvalue weighted by Gasteiger charge is 2.18. The predicted molar refractivity (Wildman–Crippen MR) is 79.5 cm³/mol. The van der Waals surface area contributed by atoms with Crippen LogP contribution < -0.4 is 0 Å². The van der Waals surface area contributed by atoms with Crippen LogP contribution in [0.25, 0.3) is 0 Å². The van der Waals surface area contributed by atoms with Gasteiger partial charge < -0.3 is 0 Å². The summed E-state index contributed by atoms with van der Waals surface area (Å²) in [5.74, 6) is 0. The van der Waals surface area contributed by atoms with Gasteiger partial charge in [-0.1, -0.05) is 47.8 Å². The van der Waals surface area contributed by atoms with E-state index in [4.69, 9.17) is 0 Å². The minimum atomic E-state index is 0.932. The van der Waals surface area contributed by atoms with Crippen LogP contribution in [0.2, 0.25) is 0 Å². The Morgan fingerprint density at radius 1 is 1.18 bits per heavy atom. The Labute approximate surface area is 112 Å². The summed E-state index contributed by atoms with van der Waals surface area (Å²) in [6, 6.07) is 6.66. The molecule has 1 aliphatic heterocycles. The highest BCUT2D eigenvalue weighted by atomic mass is 32.2. The highest BCUT2D eigenvalue weighted by molar-refractivity contribution is 8.11. The van der Waals surface area contributed by atoms with Crippen molar-refractivity contribution in [1.82, 2.24) is 0 Å². The van der Waals surface area contributed by atoms with E-state index in [1.165, 1.54) is 25.2 Å². The molecule has 1 aromatic carbocycles. The molecule has 0 saturated heterocycles. The van der Waals surface area contributed by atoms with Crippen molar-refractivity contribution in [2.45, 2.75) is 30.1 Å². The third-order valence-electron chi connectivity index (χ3n) is 2.51. The zero-order valence-corrected chi connectivity index (χ0v) is 11.8. The lowest BCUT2D eigenvalue weighted by Gasteiger charge is -2.20. The second kappa shape index (κ2) is 5.65. The van der Waals surface area contributed by atoms with E-state index in [1.54, 1.807) is 0 Å². The second-order valence-corrected chi connectivity index (χ2v) is 6.07. The minimum absolute atomic E-state index is 0.932. The van der Waals surface area contributed by atoms with Gasteiger partial charge in [-0.2, -0.15) is 0 Å². The molecule has 0 atom stereocenters. The second-order valence-electron chi connectivity index (χ2n) is 3.90. The van der Waals surface area contributed by atoms with Crippen LogP contribution in [-0.4, -0.2) is 0 Å². The molecule has 0 fully saturated rings. The Morgan fingerprint density at radius 2 is 1.94 bits per heavy atom. The Morgan fingerprint density at radius 3 is 2.65 bits per heavy atom. The van der Waals surface area contributed by atoms with E-state index in [-0.39, 0.29) is 0 Å². The highest BCUT2D eigenvalue weighted by Crippen LogP contribution is 2.50. The number of benzene rings is 1. The van der Waals surface area contributed by atoms with Crippen LogP contribution in [0.1, 0.15) is 18.9 Å². The van der Waals surface area contributed by atoms with Gasteiger partial charge in [-0.15, -0.1) is 6.58 Å². The first kappa shape index (κ1) is 12.6. The zero-order valence-electron chi connectivity index (χ0n) is 10.2. The lowest BCUT2D eigenvalue weighted by molar-refractivity contribution is 1.21. The fourth-order valence-electron chi connectivity index (χ4n) is 1.65. The Kier molecular flexibility index (Phi) is 4.19. The van der Waals surface area contributed by atoms with E-state index in [9.17, 15) is 0 Å². The lowest BCUT2D eigenvalue weighted by Crippen LogP contribution is -1.92. The molecule has 0 saturated carbocycles. The summed E-state index contributed by atoms with van der Waals surface area (Å²) < 4.78 is 0. The maximum absolute atomic E-state index is 3.77. The molecular weight excluding hydrogens is 244 g/mol. The Balaban J connectivity index is 2.37. The standard InChI is InChI=1S/C15H16S2/c1-4-6-7-13-12(5-2)16-15-10-11(3)8-9-14(15)17-13/h4-5,7-10H,1,6H2,2-3H3/b12-5+,13-7+. The molecule has 0 unspecified atom stereocenters. The monoisotopic (exact) mass is 260 g/mol. The van der Waals surface area contributed by atoms with Gasteiger partial charge in [0.05, 0.1) is 0 Å². The molecule has 0 radical (unpaired) electrons. The van der Waals surface area contributed by atoms with E-state index in [0.717, 1.165) is 6.42 Å². The van der Waals surface area contributed by atoms with Gasteiger partial charge in [0.1, 0.15) is 0 Å². The molecular formula is C15H16S2. The SMILES string of the molecule is C=CC/C=C1/Sc2ccc(C)cc2S/C1=C/C. The van der Waals surface area contributed by atoms with E-state index in [1.807, 2.05) is 29.6 Å². The van der Waals surface area contributed by atoms with Crippen LogP contribution in [-0.2, 0) is 0 Å². The smallest absolute Gasteiger partial charge is 0.0264 e. The minimum Gasteiger partial charge on any atom is -0.103 e. The number of aryl methyl sites for hydroxylation is 1. The molecule has 0 amide bonds. The van der Waals surface area contributed by atoms with Gasteiger partial charge in [0.2, 0.25) is 0 Å². The van der Waals surface area contributed by atoms with E-state index < -0.39 is 0 Å². The van der Waals surface area contributed by atoms with Gasteiger partial charge in [-0.25, -0.2) is 0 Å². The molecule has 1 heterocycles. The van der Waals surface area contributed by atoms with E-state index in [2.05, 4.69) is 50.8 Å². The predicted octanol–water partition coefficient (Wildman–Crippen LogP) is 5.56.